The fourth-order valence-corrected chi connectivity index (χ4v) is 18.7. The molecule has 0 radical (unpaired) electrons. The monoisotopic (exact) mass is 801 g/mol. The maximum Gasteiger partial charge on any atom is 0.309 e. The van der Waals surface area contributed by atoms with Crippen LogP contribution in [0.5, 0.6) is 0 Å². The molecule has 324 valence electrons. The summed E-state index contributed by atoms with van der Waals surface area (Å²) in [5.41, 5.74) is 1.39. The zero-order chi connectivity index (χ0) is 41.0. The molecule has 0 aromatic heterocycles. The Kier molecular flexibility index (Phi) is 10.5. The number of carboxylic acid groups (broad SMARTS) is 1. The smallest absolute Gasteiger partial charge is 0.309 e. The van der Waals surface area contributed by atoms with Crippen LogP contribution in [0.2, 0.25) is 0 Å². The molecule has 14 atom stereocenters. The van der Waals surface area contributed by atoms with E-state index in [0.717, 1.165) is 63.7 Å². The van der Waals surface area contributed by atoms with E-state index >= 15 is 0 Å². The van der Waals surface area contributed by atoms with E-state index in [1.54, 1.807) is 7.11 Å². The molecule has 1 aliphatic heterocycles. The molecule has 7 saturated carbocycles. The van der Waals surface area contributed by atoms with Gasteiger partial charge in [0.1, 0.15) is 0 Å². The maximum absolute atomic E-state index is 13.2. The number of benzene rings is 1. The third-order valence-electron chi connectivity index (χ3n) is 21.8. The molecule has 6 heteroatoms. The Morgan fingerprint density at radius 1 is 0.828 bits per heavy atom. The Hall–Kier alpha value is -1.47. The summed E-state index contributed by atoms with van der Waals surface area (Å²) in [6, 6.07) is 9.00. The fourth-order valence-electron chi connectivity index (χ4n) is 18.7. The zero-order valence-electron chi connectivity index (χ0n) is 37.4. The highest BCUT2D eigenvalue weighted by molar-refractivity contribution is 5.74. The van der Waals surface area contributed by atoms with Crippen molar-refractivity contribution in [1.29, 1.82) is 0 Å². The van der Waals surface area contributed by atoms with E-state index in [1.165, 1.54) is 88.2 Å². The number of carboxylic acids is 1. The summed E-state index contributed by atoms with van der Waals surface area (Å²) in [6.07, 6.45) is 24.8. The van der Waals surface area contributed by atoms with Crippen LogP contribution in [-0.2, 0) is 27.1 Å². The first-order chi connectivity index (χ1) is 27.6. The molecule has 1 spiro atoms. The van der Waals surface area contributed by atoms with Crippen molar-refractivity contribution in [3.05, 3.63) is 35.4 Å². The molecule has 1 aromatic carbocycles. The number of unbranched alkanes of at least 4 members (excludes halogenated alkanes) is 2. The maximum atomic E-state index is 13.2. The Balaban J connectivity index is 1.11. The van der Waals surface area contributed by atoms with Gasteiger partial charge in [-0.1, -0.05) is 103 Å². The topological polar surface area (TPSA) is 96.2 Å². The molecule has 8 fully saturated rings. The van der Waals surface area contributed by atoms with Gasteiger partial charge in [-0.15, -0.1) is 0 Å². The molecule has 0 amide bonds. The van der Waals surface area contributed by atoms with Gasteiger partial charge in [0.25, 0.3) is 0 Å². The second-order valence-electron chi connectivity index (χ2n) is 23.5. The lowest BCUT2D eigenvalue weighted by atomic mass is 9.22. The number of carbonyl (C=O) groups is 1. The molecule has 9 rings (SSSR count). The van der Waals surface area contributed by atoms with Crippen LogP contribution in [0.15, 0.2) is 24.3 Å². The summed E-state index contributed by atoms with van der Waals surface area (Å²) in [4.78, 5) is 13.2. The van der Waals surface area contributed by atoms with Crippen LogP contribution in [-0.4, -0.2) is 53.5 Å². The van der Waals surface area contributed by atoms with Gasteiger partial charge in [0.15, 0.2) is 5.79 Å². The lowest BCUT2D eigenvalue weighted by Crippen LogP contribution is -2.79. The van der Waals surface area contributed by atoms with Gasteiger partial charge in [-0.25, -0.2) is 0 Å². The highest BCUT2D eigenvalue weighted by atomic mass is 16.6. The Morgan fingerprint density at radius 2 is 1.53 bits per heavy atom. The lowest BCUT2D eigenvalue weighted by molar-refractivity contribution is -0.358. The zero-order valence-corrected chi connectivity index (χ0v) is 37.4. The second kappa shape index (κ2) is 14.5. The minimum atomic E-state index is -1.17. The van der Waals surface area contributed by atoms with E-state index in [2.05, 4.69) is 58.9 Å². The predicted molar refractivity (Wildman–Crippen MR) is 229 cm³/mol. The Morgan fingerprint density at radius 3 is 2.24 bits per heavy atom. The SMILES string of the molecule is COCCc1ccc(C[C@@H]2O[C@@]3(O)C[C@@H]4CC[C@@H]5C[C@@]6(CCCCCC7CCCC7)[C@@H]7C[C@](C)(C(=O)O)CC[C@]7(C)CC[C@]6(C)[C@H]6CC[C@]2([C@H]3C)[C@]4(CO)[C@]56C)cc1. The van der Waals surface area contributed by atoms with Crippen LogP contribution in [0.4, 0.5) is 0 Å². The van der Waals surface area contributed by atoms with Gasteiger partial charge >= 0.3 is 5.97 Å². The van der Waals surface area contributed by atoms with Crippen molar-refractivity contribution in [1.82, 2.24) is 0 Å². The molecule has 1 aromatic rings. The van der Waals surface area contributed by atoms with E-state index in [9.17, 15) is 20.1 Å². The molecule has 2 bridgehead atoms. The molecule has 0 unspecified atom stereocenters. The first-order valence-electron chi connectivity index (χ1n) is 24.4. The number of aliphatic carboxylic acids is 1. The summed E-state index contributed by atoms with van der Waals surface area (Å²) < 4.78 is 12.5. The van der Waals surface area contributed by atoms with Crippen molar-refractivity contribution in [2.75, 3.05) is 20.3 Å². The number of hydrogen-bond donors (Lipinski definition) is 3. The van der Waals surface area contributed by atoms with Crippen molar-refractivity contribution in [3.8, 4) is 0 Å². The molecule has 3 N–H and O–H groups in total. The normalized spacial score (nSPS) is 49.2. The number of hydrogen-bond acceptors (Lipinski definition) is 5. The van der Waals surface area contributed by atoms with Crippen molar-refractivity contribution in [3.63, 3.8) is 0 Å². The quantitative estimate of drug-likeness (QED) is 0.172. The molecule has 58 heavy (non-hydrogen) atoms. The number of aliphatic hydroxyl groups excluding tert-OH is 1. The number of rotatable bonds is 13. The van der Waals surface area contributed by atoms with Crippen LogP contribution in [0.25, 0.3) is 0 Å². The number of methoxy groups -OCH3 is 1. The number of aliphatic hydroxyl groups is 2. The highest BCUT2D eigenvalue weighted by Crippen LogP contribution is 2.87. The van der Waals surface area contributed by atoms with Crippen molar-refractivity contribution in [2.45, 2.75) is 188 Å². The van der Waals surface area contributed by atoms with Gasteiger partial charge < -0.3 is 24.8 Å². The van der Waals surface area contributed by atoms with E-state index in [4.69, 9.17) is 9.47 Å². The van der Waals surface area contributed by atoms with Gasteiger partial charge in [0.05, 0.1) is 24.7 Å². The first kappa shape index (κ1) is 41.9. The first-order valence-corrected chi connectivity index (χ1v) is 24.4. The van der Waals surface area contributed by atoms with Crippen LogP contribution < -0.4 is 0 Å². The van der Waals surface area contributed by atoms with Crippen LogP contribution in [0.1, 0.15) is 174 Å². The molecule has 1 saturated heterocycles. The summed E-state index contributed by atoms with van der Waals surface area (Å²) >= 11 is 0. The molecular formula is C52H80O6. The van der Waals surface area contributed by atoms with Crippen LogP contribution in [0.3, 0.4) is 0 Å². The minimum absolute atomic E-state index is 0.0558. The van der Waals surface area contributed by atoms with Crippen molar-refractivity contribution < 1.29 is 29.6 Å². The molecular weight excluding hydrogens is 721 g/mol. The van der Waals surface area contributed by atoms with Gasteiger partial charge in [-0.05, 0) is 153 Å². The largest absolute Gasteiger partial charge is 0.481 e. The van der Waals surface area contributed by atoms with Gasteiger partial charge in [0, 0.05) is 30.3 Å². The predicted octanol–water partition coefficient (Wildman–Crippen LogP) is 11.2. The Bertz CT molecular complexity index is 1690. The van der Waals surface area contributed by atoms with E-state index in [-0.39, 0.29) is 57.0 Å². The highest BCUT2D eigenvalue weighted by Gasteiger charge is 2.85. The van der Waals surface area contributed by atoms with Crippen molar-refractivity contribution in [2.24, 2.45) is 73.4 Å². The average Bonchev–Trinajstić information content (AvgIpc) is 3.76. The molecule has 1 heterocycles. The van der Waals surface area contributed by atoms with Gasteiger partial charge in [-0.2, -0.15) is 0 Å². The summed E-state index contributed by atoms with van der Waals surface area (Å²) in [5.74, 6) is 0.642. The minimum Gasteiger partial charge on any atom is -0.481 e. The average molecular weight is 801 g/mol. The number of fused-ring (bicyclic) bond motifs is 5. The van der Waals surface area contributed by atoms with Gasteiger partial charge in [0.2, 0.25) is 0 Å². The third-order valence-corrected chi connectivity index (χ3v) is 21.8. The second-order valence-corrected chi connectivity index (χ2v) is 23.5. The fraction of sp³-hybridized carbons (Fsp3) is 0.865. The van der Waals surface area contributed by atoms with E-state index in [0.29, 0.717) is 30.8 Å². The summed E-state index contributed by atoms with van der Waals surface area (Å²) in [6.45, 7) is 13.2. The lowest BCUT2D eigenvalue weighted by Gasteiger charge is -2.82. The summed E-state index contributed by atoms with van der Waals surface area (Å²) in [5, 5.41) is 35.9. The van der Waals surface area contributed by atoms with E-state index in [1.807, 2.05) is 0 Å². The van der Waals surface area contributed by atoms with Crippen LogP contribution >= 0.6 is 0 Å². The molecule has 7 aliphatic carbocycles. The van der Waals surface area contributed by atoms with Crippen molar-refractivity contribution >= 4 is 5.97 Å². The molecule has 8 aliphatic rings. The van der Waals surface area contributed by atoms with E-state index < -0.39 is 17.2 Å². The third kappa shape index (κ3) is 5.57. The van der Waals surface area contributed by atoms with Gasteiger partial charge in [-0.3, -0.25) is 4.79 Å². The molecule has 6 nitrogen and oxygen atoms in total. The number of ether oxygens (including phenoxy) is 2. The standard InChI is InChI=1S/C52H80O6/c1-35-50-24-21-41-47(4)28-27-45(2)25-26-46(3,44(54)55)33-42(45)49(47,23-11-7-8-12-36-13-9-10-14-36)31-39-19-20-40(51(50,34-53)48(39,41)5)32-52(35,56)58-43(50)30-38-17-15-37(16-18-38)22-29-57-6/h15-18,35-36,39-43,53,56H,7-14,19-34H2,1-6H3,(H,54,55)/t35-,39-,40+,41-,42-,43+,45-,46-,47-,48-,49+,50-,51+,52+/m1/s1. The van der Waals surface area contributed by atoms with Crippen LogP contribution in [0, 0.1) is 73.4 Å². The summed E-state index contributed by atoms with van der Waals surface area (Å²) in [7, 11) is 1.76. The Labute approximate surface area is 351 Å².